The molecule has 0 fully saturated rings. The molecule has 0 aliphatic heterocycles. The van der Waals surface area contributed by atoms with Gasteiger partial charge < -0.3 is 4.74 Å². The molecule has 2 rings (SSSR count). The van der Waals surface area contributed by atoms with Crippen molar-refractivity contribution in [1.29, 1.82) is 0 Å². The average Bonchev–Trinajstić information content (AvgIpc) is 3.00. The molecule has 118 valence electrons. The number of aromatic nitrogens is 1. The zero-order valence-electron chi connectivity index (χ0n) is 11.6. The molecule has 0 radical (unpaired) electrons. The first-order valence-corrected chi connectivity index (χ1v) is 7.22. The minimum atomic E-state index is -4.55. The van der Waals surface area contributed by atoms with Crippen LogP contribution in [0.1, 0.15) is 22.9 Å². The fourth-order valence-electron chi connectivity index (χ4n) is 1.98. The zero-order valence-corrected chi connectivity index (χ0v) is 12.4. The van der Waals surface area contributed by atoms with E-state index in [9.17, 15) is 18.0 Å². The van der Waals surface area contributed by atoms with Crippen LogP contribution in [0.2, 0.25) is 0 Å². The lowest BCUT2D eigenvalue weighted by Gasteiger charge is -2.20. The Hall–Kier alpha value is -1.93. The maximum absolute atomic E-state index is 13.1. The van der Waals surface area contributed by atoms with Crippen molar-refractivity contribution in [3.8, 4) is 0 Å². The molecule has 0 aliphatic carbocycles. The molecule has 0 unspecified atom stereocenters. The number of carbonyl (C=O) groups excluding carboxylic acids is 1. The van der Waals surface area contributed by atoms with Crippen molar-refractivity contribution in [2.45, 2.75) is 18.8 Å². The van der Waals surface area contributed by atoms with Gasteiger partial charge in [-0.05, 0) is 11.6 Å². The smallest absolute Gasteiger partial charge is 0.416 e. The number of ether oxygens (including phenoxy) is 1. The highest BCUT2D eigenvalue weighted by atomic mass is 32.1. The Morgan fingerprint density at radius 1 is 1.41 bits per heavy atom. The number of benzene rings is 1. The summed E-state index contributed by atoms with van der Waals surface area (Å²) in [6, 6.07) is 3.71. The van der Waals surface area contributed by atoms with Crippen LogP contribution >= 0.6 is 11.3 Å². The second kappa shape index (κ2) is 6.89. The van der Waals surface area contributed by atoms with Crippen molar-refractivity contribution in [2.24, 2.45) is 0 Å². The predicted molar refractivity (Wildman–Crippen MR) is 75.2 cm³/mol. The highest BCUT2D eigenvalue weighted by molar-refractivity contribution is 7.07. The summed E-state index contributed by atoms with van der Waals surface area (Å²) in [4.78, 5) is 15.9. The van der Waals surface area contributed by atoms with Crippen LogP contribution < -0.4 is 5.32 Å². The first-order valence-electron chi connectivity index (χ1n) is 6.28. The maximum Gasteiger partial charge on any atom is 0.416 e. The molecule has 1 atom stereocenters. The molecule has 8 heteroatoms. The first kappa shape index (κ1) is 16.4. The van der Waals surface area contributed by atoms with E-state index in [0.29, 0.717) is 5.69 Å². The fraction of sp³-hybridized carbons (Fsp3) is 0.286. The lowest BCUT2D eigenvalue weighted by molar-refractivity contribution is -0.145. The monoisotopic (exact) mass is 330 g/mol. The van der Waals surface area contributed by atoms with Gasteiger partial charge in [0.1, 0.15) is 6.04 Å². The van der Waals surface area contributed by atoms with Crippen LogP contribution in [0.15, 0.2) is 35.2 Å². The largest absolute Gasteiger partial charge is 0.468 e. The van der Waals surface area contributed by atoms with E-state index in [2.05, 4.69) is 15.0 Å². The van der Waals surface area contributed by atoms with Crippen LogP contribution in [0.3, 0.4) is 0 Å². The van der Waals surface area contributed by atoms with Crippen LogP contribution in [0.4, 0.5) is 13.2 Å². The van der Waals surface area contributed by atoms with Crippen LogP contribution in [0.5, 0.6) is 0 Å². The summed E-state index contributed by atoms with van der Waals surface area (Å²) in [6.07, 6.45) is -4.55. The van der Waals surface area contributed by atoms with Gasteiger partial charge in [0, 0.05) is 11.9 Å². The standard InChI is InChI=1S/C14H13F3N2O2S/c1-21-13(20)12(18-6-9-7-22-8-19-9)10-4-2-3-5-11(10)14(15,16)17/h2-5,7-8,12,18H,6H2,1H3/t12-/m0/s1. The Labute approximate surface area is 128 Å². The summed E-state index contributed by atoms with van der Waals surface area (Å²) >= 11 is 1.36. The van der Waals surface area contributed by atoms with Gasteiger partial charge in [-0.2, -0.15) is 13.2 Å². The molecule has 0 amide bonds. The van der Waals surface area contributed by atoms with Crippen molar-refractivity contribution >= 4 is 17.3 Å². The maximum atomic E-state index is 13.1. The van der Waals surface area contributed by atoms with Gasteiger partial charge in [-0.1, -0.05) is 18.2 Å². The predicted octanol–water partition coefficient (Wildman–Crippen LogP) is 3.17. The van der Waals surface area contributed by atoms with Crippen molar-refractivity contribution in [3.05, 3.63) is 52.0 Å². The SMILES string of the molecule is COC(=O)[C@@H](NCc1cscn1)c1ccccc1C(F)(F)F. The third-order valence-electron chi connectivity index (χ3n) is 2.98. The molecule has 1 heterocycles. The number of rotatable bonds is 5. The number of nitrogens with one attached hydrogen (secondary N) is 1. The highest BCUT2D eigenvalue weighted by Crippen LogP contribution is 2.34. The summed E-state index contributed by atoms with van der Waals surface area (Å²) in [7, 11) is 1.13. The van der Waals surface area contributed by atoms with Crippen molar-refractivity contribution < 1.29 is 22.7 Å². The minimum Gasteiger partial charge on any atom is -0.468 e. The summed E-state index contributed by atoms with van der Waals surface area (Å²) < 4.78 is 43.9. The topological polar surface area (TPSA) is 51.2 Å². The molecule has 0 aliphatic rings. The molecular formula is C14H13F3N2O2S. The quantitative estimate of drug-likeness (QED) is 0.856. The van der Waals surface area contributed by atoms with E-state index in [0.717, 1.165) is 13.2 Å². The summed E-state index contributed by atoms with van der Waals surface area (Å²) in [5.74, 6) is -0.785. The number of alkyl halides is 3. The summed E-state index contributed by atoms with van der Waals surface area (Å²) in [5.41, 5.74) is 1.21. The summed E-state index contributed by atoms with van der Waals surface area (Å²) in [6.45, 7) is 0.162. The molecule has 2 aromatic rings. The number of carbonyl (C=O) groups is 1. The second-order valence-electron chi connectivity index (χ2n) is 4.40. The van der Waals surface area contributed by atoms with E-state index in [1.807, 2.05) is 0 Å². The van der Waals surface area contributed by atoms with Crippen LogP contribution in [-0.4, -0.2) is 18.1 Å². The van der Waals surface area contributed by atoms with Gasteiger partial charge in [0.15, 0.2) is 0 Å². The van der Waals surface area contributed by atoms with Crippen LogP contribution in [0, 0.1) is 0 Å². The molecule has 0 saturated heterocycles. The minimum absolute atomic E-state index is 0.162. The Morgan fingerprint density at radius 3 is 2.73 bits per heavy atom. The van der Waals surface area contributed by atoms with Crippen molar-refractivity contribution in [2.75, 3.05) is 7.11 Å². The molecule has 1 aromatic heterocycles. The van der Waals surface area contributed by atoms with E-state index >= 15 is 0 Å². The molecule has 1 aromatic carbocycles. The number of nitrogens with zero attached hydrogens (tertiary/aromatic N) is 1. The van der Waals surface area contributed by atoms with E-state index in [1.54, 1.807) is 10.9 Å². The third kappa shape index (κ3) is 3.83. The van der Waals surface area contributed by atoms with E-state index in [-0.39, 0.29) is 12.1 Å². The lowest BCUT2D eigenvalue weighted by atomic mass is 9.99. The first-order chi connectivity index (χ1) is 10.4. The molecule has 4 nitrogen and oxygen atoms in total. The molecule has 0 saturated carbocycles. The molecule has 0 spiro atoms. The van der Waals surface area contributed by atoms with Gasteiger partial charge in [-0.25, -0.2) is 9.78 Å². The Bertz CT molecular complexity index is 629. The van der Waals surface area contributed by atoms with E-state index in [1.165, 1.54) is 29.5 Å². The van der Waals surface area contributed by atoms with E-state index < -0.39 is 23.8 Å². The van der Waals surface area contributed by atoms with Gasteiger partial charge in [-0.15, -0.1) is 11.3 Å². The average molecular weight is 330 g/mol. The van der Waals surface area contributed by atoms with Gasteiger partial charge in [-0.3, -0.25) is 5.32 Å². The fourth-order valence-corrected chi connectivity index (χ4v) is 2.53. The molecule has 0 bridgehead atoms. The third-order valence-corrected chi connectivity index (χ3v) is 3.62. The van der Waals surface area contributed by atoms with Gasteiger partial charge in [0.25, 0.3) is 0 Å². The zero-order chi connectivity index (χ0) is 16.2. The Balaban J connectivity index is 2.31. The number of halogens is 3. The highest BCUT2D eigenvalue weighted by Gasteiger charge is 2.37. The number of esters is 1. The summed E-state index contributed by atoms with van der Waals surface area (Å²) in [5, 5.41) is 4.52. The Kier molecular flexibility index (Phi) is 5.15. The number of hydrogen-bond acceptors (Lipinski definition) is 5. The van der Waals surface area contributed by atoms with E-state index in [4.69, 9.17) is 0 Å². The van der Waals surface area contributed by atoms with Crippen molar-refractivity contribution in [1.82, 2.24) is 10.3 Å². The number of methoxy groups -OCH3 is 1. The van der Waals surface area contributed by atoms with Crippen LogP contribution in [-0.2, 0) is 22.3 Å². The second-order valence-corrected chi connectivity index (χ2v) is 5.12. The van der Waals surface area contributed by atoms with Gasteiger partial charge >= 0.3 is 12.1 Å². The number of thiazole rings is 1. The normalized spacial score (nSPS) is 12.9. The van der Waals surface area contributed by atoms with Crippen molar-refractivity contribution in [3.63, 3.8) is 0 Å². The number of hydrogen-bond donors (Lipinski definition) is 1. The van der Waals surface area contributed by atoms with Gasteiger partial charge in [0.2, 0.25) is 0 Å². The van der Waals surface area contributed by atoms with Gasteiger partial charge in [0.05, 0.1) is 23.9 Å². The van der Waals surface area contributed by atoms with Crippen LogP contribution in [0.25, 0.3) is 0 Å². The lowest BCUT2D eigenvalue weighted by Crippen LogP contribution is -2.31. The molecule has 22 heavy (non-hydrogen) atoms. The molecule has 1 N–H and O–H groups in total. The Morgan fingerprint density at radius 2 is 2.14 bits per heavy atom. The molecular weight excluding hydrogens is 317 g/mol.